The summed E-state index contributed by atoms with van der Waals surface area (Å²) in [4.78, 5) is 30.2. The summed E-state index contributed by atoms with van der Waals surface area (Å²) < 4.78 is 0. The molecule has 0 saturated heterocycles. The maximum absolute atomic E-state index is 5.60. The Hall–Kier alpha value is -8.48. The molecule has 6 heteroatoms. The number of fused-ring (bicyclic) bond motifs is 1. The number of pyridine rings is 2. The molecule has 14 rings (SSSR count). The molecule has 0 radical (unpaired) electrons. The third kappa shape index (κ3) is 5.74. The summed E-state index contributed by atoms with van der Waals surface area (Å²) in [7, 11) is 0. The van der Waals surface area contributed by atoms with Crippen molar-refractivity contribution in [3.05, 3.63) is 205 Å². The van der Waals surface area contributed by atoms with Crippen molar-refractivity contribution in [3.8, 4) is 33.6 Å². The highest BCUT2D eigenvalue weighted by Gasteiger charge is 2.25. The lowest BCUT2D eigenvalue weighted by molar-refractivity contribution is 0.809. The minimum atomic E-state index is -0.113. The van der Waals surface area contributed by atoms with Crippen LogP contribution in [-0.4, -0.2) is 45.0 Å². The van der Waals surface area contributed by atoms with Crippen molar-refractivity contribution in [2.45, 2.75) is 11.8 Å². The third-order valence-corrected chi connectivity index (χ3v) is 14.0. The van der Waals surface area contributed by atoms with Crippen LogP contribution in [0.5, 0.6) is 0 Å². The average molecular weight is 843 g/mol. The molecule has 0 amide bonds. The number of allylic oxidation sites excluding steroid dienone is 2. The van der Waals surface area contributed by atoms with Gasteiger partial charge < -0.3 is 0 Å². The van der Waals surface area contributed by atoms with Crippen LogP contribution in [0.15, 0.2) is 198 Å². The first-order valence-electron chi connectivity index (χ1n) is 22.7. The molecule has 5 heterocycles. The number of rotatable bonds is 6. The molecule has 3 aromatic heterocycles. The first-order chi connectivity index (χ1) is 32.7. The van der Waals surface area contributed by atoms with Gasteiger partial charge in [0.15, 0.2) is 5.82 Å². The van der Waals surface area contributed by atoms with Crippen molar-refractivity contribution in [1.82, 2.24) is 19.9 Å². The monoisotopic (exact) mass is 842 g/mol. The molecular weight excluding hydrogens is 805 g/mol. The third-order valence-electron chi connectivity index (χ3n) is 14.0. The van der Waals surface area contributed by atoms with Gasteiger partial charge in [0, 0.05) is 64.4 Å². The molecule has 2 aliphatic heterocycles. The Morgan fingerprint density at radius 3 is 1.79 bits per heavy atom. The molecule has 0 aliphatic carbocycles. The summed E-state index contributed by atoms with van der Waals surface area (Å²) >= 11 is 0. The molecule has 0 spiro atoms. The minimum Gasteiger partial charge on any atom is -0.292 e. The first kappa shape index (κ1) is 36.9. The van der Waals surface area contributed by atoms with E-state index in [0.29, 0.717) is 18.9 Å². The fraction of sp³-hybridized carbons (Fsp3) is 0.0667. The summed E-state index contributed by atoms with van der Waals surface area (Å²) in [5, 5.41) is 16.0. The predicted octanol–water partition coefficient (Wildman–Crippen LogP) is 14.1. The Morgan fingerprint density at radius 2 is 1.15 bits per heavy atom. The van der Waals surface area contributed by atoms with Crippen molar-refractivity contribution in [2.24, 2.45) is 9.98 Å². The molecule has 6 nitrogen and oxygen atoms in total. The smallest absolute Gasteiger partial charge is 0.161 e. The minimum absolute atomic E-state index is 0.113. The van der Waals surface area contributed by atoms with Crippen LogP contribution >= 0.6 is 0 Å². The summed E-state index contributed by atoms with van der Waals surface area (Å²) in [6, 6.07) is 53.5. The van der Waals surface area contributed by atoms with E-state index in [4.69, 9.17) is 19.9 Å². The van der Waals surface area contributed by atoms with E-state index >= 15 is 0 Å². The van der Waals surface area contributed by atoms with Gasteiger partial charge in [-0.05, 0) is 130 Å². The van der Waals surface area contributed by atoms with Gasteiger partial charge in [0.25, 0.3) is 0 Å². The highest BCUT2D eigenvalue weighted by atomic mass is 14.9. The van der Waals surface area contributed by atoms with Crippen LogP contribution in [0.4, 0.5) is 0 Å². The molecule has 12 aromatic rings. The van der Waals surface area contributed by atoms with E-state index in [0.717, 1.165) is 55.8 Å². The van der Waals surface area contributed by atoms with Crippen molar-refractivity contribution in [2.75, 3.05) is 13.1 Å². The zero-order valence-corrected chi connectivity index (χ0v) is 35.7. The molecule has 0 fully saturated rings. The lowest BCUT2D eigenvalue weighted by Crippen LogP contribution is -2.13. The van der Waals surface area contributed by atoms with Crippen LogP contribution in [-0.2, 0) is 0 Å². The number of hydrogen-bond donors (Lipinski definition) is 0. The molecule has 2 aliphatic rings. The Kier molecular flexibility index (Phi) is 8.13. The van der Waals surface area contributed by atoms with Crippen molar-refractivity contribution in [1.29, 1.82) is 0 Å². The van der Waals surface area contributed by atoms with Gasteiger partial charge in [-0.25, -0.2) is 9.97 Å². The molecule has 2 atom stereocenters. The second kappa shape index (κ2) is 14.5. The van der Waals surface area contributed by atoms with Gasteiger partial charge in [0.05, 0.1) is 30.0 Å². The van der Waals surface area contributed by atoms with Gasteiger partial charge in [0.2, 0.25) is 0 Å². The summed E-state index contributed by atoms with van der Waals surface area (Å²) in [5.41, 5.74) is 10.1. The molecule has 0 saturated carbocycles. The molecule has 308 valence electrons. The van der Waals surface area contributed by atoms with E-state index in [1.165, 1.54) is 70.2 Å². The topological polar surface area (TPSA) is 76.3 Å². The molecule has 0 bridgehead atoms. The Balaban J connectivity index is 1.06. The Bertz CT molecular complexity index is 4020. The van der Waals surface area contributed by atoms with Crippen LogP contribution in [0.25, 0.3) is 109 Å². The van der Waals surface area contributed by atoms with Crippen molar-refractivity contribution >= 4 is 87.5 Å². The zero-order chi connectivity index (χ0) is 43.3. The normalized spacial score (nSPS) is 16.3. The molecule has 9 aromatic carbocycles. The highest BCUT2D eigenvalue weighted by Crippen LogP contribution is 2.46. The number of aliphatic imine (C=N–C) groups is 2. The molecular formula is C60H38N6. The van der Waals surface area contributed by atoms with Gasteiger partial charge in [-0.1, -0.05) is 121 Å². The average Bonchev–Trinajstić information content (AvgIpc) is 3.39. The standard InChI is InChI=1S/C60H38N6/c1-5-35-11-13-39-15-21-46(48-23-17-37(7-1)54(35)56(39)48)45-29-50(47-22-16-40-14-12-36-6-2-8-38-18-24-49(47)57(40)55(36)38)59-51(30-45)58(43-19-25-52(63-33-43)41-9-3-27-61-31-41)65-60(66-59)44-20-26-53(64-34-44)42-10-4-28-62-32-42/h1-31,34,42-43H,32-33H2. The maximum atomic E-state index is 5.60. The second-order valence-electron chi connectivity index (χ2n) is 17.7. The number of benzene rings is 9. The summed E-state index contributed by atoms with van der Waals surface area (Å²) in [6.45, 7) is 1.22. The van der Waals surface area contributed by atoms with E-state index in [1.807, 2.05) is 30.8 Å². The zero-order valence-electron chi connectivity index (χ0n) is 35.7. The molecule has 2 unspecified atom stereocenters. The molecule has 0 N–H and O–H groups in total. The Labute approximate surface area is 379 Å². The van der Waals surface area contributed by atoms with Crippen molar-refractivity contribution in [3.63, 3.8) is 0 Å². The van der Waals surface area contributed by atoms with Crippen LogP contribution in [0.3, 0.4) is 0 Å². The largest absolute Gasteiger partial charge is 0.292 e. The summed E-state index contributed by atoms with van der Waals surface area (Å²) in [6.07, 6.45) is 16.0. The van der Waals surface area contributed by atoms with Gasteiger partial charge >= 0.3 is 0 Å². The van der Waals surface area contributed by atoms with Crippen LogP contribution in [0, 0.1) is 0 Å². The van der Waals surface area contributed by atoms with Crippen LogP contribution in [0.1, 0.15) is 28.8 Å². The van der Waals surface area contributed by atoms with Crippen LogP contribution < -0.4 is 0 Å². The molecule has 66 heavy (non-hydrogen) atoms. The van der Waals surface area contributed by atoms with Gasteiger partial charge in [-0.2, -0.15) is 0 Å². The first-order valence-corrected chi connectivity index (χ1v) is 22.7. The van der Waals surface area contributed by atoms with Gasteiger partial charge in [0.1, 0.15) is 0 Å². The SMILES string of the molecule is C1=CC(c2ccc(-c3nc(C4C=CC(c5cccnc5)=NC4)c4cc(-c5ccc6ccc7cccc8ccc5c6c78)cc(-c5ccc6ccc7cccc8ccc5c6c78)c4n3)cn2)CN=C1. The van der Waals surface area contributed by atoms with E-state index in [9.17, 15) is 0 Å². The lowest BCUT2D eigenvalue weighted by Gasteiger charge is -2.22. The van der Waals surface area contributed by atoms with E-state index in [-0.39, 0.29) is 11.8 Å². The van der Waals surface area contributed by atoms with Crippen molar-refractivity contribution < 1.29 is 0 Å². The number of dihydropyridines is 2. The van der Waals surface area contributed by atoms with E-state index in [1.54, 1.807) is 6.20 Å². The second-order valence-corrected chi connectivity index (χ2v) is 17.7. The fourth-order valence-electron chi connectivity index (χ4n) is 10.8. The van der Waals surface area contributed by atoms with Gasteiger partial charge in [-0.3, -0.25) is 20.0 Å². The van der Waals surface area contributed by atoms with Crippen LogP contribution in [0.2, 0.25) is 0 Å². The number of hydrogen-bond acceptors (Lipinski definition) is 6. The Morgan fingerprint density at radius 1 is 0.470 bits per heavy atom. The maximum Gasteiger partial charge on any atom is 0.161 e. The van der Waals surface area contributed by atoms with E-state index < -0.39 is 0 Å². The van der Waals surface area contributed by atoms with E-state index in [2.05, 4.69) is 168 Å². The predicted molar refractivity (Wildman–Crippen MR) is 274 cm³/mol. The number of nitrogens with zero attached hydrogens (tertiary/aromatic N) is 6. The highest BCUT2D eigenvalue weighted by molar-refractivity contribution is 6.28. The quantitative estimate of drug-likeness (QED) is 0.156. The van der Waals surface area contributed by atoms with Gasteiger partial charge in [-0.15, -0.1) is 0 Å². The summed E-state index contributed by atoms with van der Waals surface area (Å²) in [5.74, 6) is 0.660. The lowest BCUT2D eigenvalue weighted by atomic mass is 9.85. The number of aromatic nitrogens is 4. The fourth-order valence-corrected chi connectivity index (χ4v) is 10.8.